The van der Waals surface area contributed by atoms with Crippen LogP contribution in [-0.2, 0) is 6.42 Å². The summed E-state index contributed by atoms with van der Waals surface area (Å²) in [4.78, 5) is 6.45. The van der Waals surface area contributed by atoms with Gasteiger partial charge in [0.15, 0.2) is 0 Å². The van der Waals surface area contributed by atoms with Crippen molar-refractivity contribution in [2.45, 2.75) is 12.8 Å². The molecule has 0 aliphatic carbocycles. The summed E-state index contributed by atoms with van der Waals surface area (Å²) in [7, 11) is 3.94. The van der Waals surface area contributed by atoms with Gasteiger partial charge in [0, 0.05) is 26.2 Å². The van der Waals surface area contributed by atoms with E-state index in [4.69, 9.17) is 0 Å². The lowest BCUT2D eigenvalue weighted by molar-refractivity contribution is 0.951. The van der Waals surface area contributed by atoms with Gasteiger partial charge in [0.2, 0.25) is 0 Å². The Balaban J connectivity index is 2.45. The first-order chi connectivity index (χ1) is 6.33. The average Bonchev–Trinajstić information content (AvgIpc) is 2.19. The van der Waals surface area contributed by atoms with Crippen molar-refractivity contribution in [2.75, 3.05) is 19.0 Å². The number of aliphatic imine (C=N–C) groups is 1. The van der Waals surface area contributed by atoms with Crippen molar-refractivity contribution in [3.63, 3.8) is 0 Å². The van der Waals surface area contributed by atoms with Gasteiger partial charge in [-0.2, -0.15) is 0 Å². The van der Waals surface area contributed by atoms with Gasteiger partial charge in [0.05, 0.1) is 0 Å². The number of rotatable bonds is 0. The Morgan fingerprint density at radius 2 is 2.00 bits per heavy atom. The molecule has 1 aliphatic rings. The minimum atomic E-state index is 1.06. The van der Waals surface area contributed by atoms with Crippen molar-refractivity contribution in [2.24, 2.45) is 4.99 Å². The largest absolute Gasteiger partial charge is 0.333 e. The molecule has 0 spiro atoms. The summed E-state index contributed by atoms with van der Waals surface area (Å²) in [6.07, 6.45) is 2.18. The maximum atomic E-state index is 4.27. The van der Waals surface area contributed by atoms with Gasteiger partial charge in [-0.1, -0.05) is 18.2 Å². The van der Waals surface area contributed by atoms with Crippen molar-refractivity contribution in [3.05, 3.63) is 29.8 Å². The Bertz CT molecular complexity index is 342. The lowest BCUT2D eigenvalue weighted by Gasteiger charge is -2.28. The predicted molar refractivity (Wildman–Crippen MR) is 56.5 cm³/mol. The van der Waals surface area contributed by atoms with Gasteiger partial charge in [-0.3, -0.25) is 4.99 Å². The van der Waals surface area contributed by atoms with E-state index in [1.165, 1.54) is 17.1 Å². The van der Waals surface area contributed by atoms with Crippen molar-refractivity contribution in [1.29, 1.82) is 0 Å². The number of benzene rings is 1. The van der Waals surface area contributed by atoms with Crippen molar-refractivity contribution in [1.82, 2.24) is 0 Å². The van der Waals surface area contributed by atoms with Crippen molar-refractivity contribution < 1.29 is 0 Å². The summed E-state index contributed by atoms with van der Waals surface area (Å²) in [5, 5.41) is 0. The topological polar surface area (TPSA) is 15.6 Å². The highest BCUT2D eigenvalue weighted by molar-refractivity contribution is 5.99. The Morgan fingerprint density at radius 1 is 1.23 bits per heavy atom. The lowest BCUT2D eigenvalue weighted by atomic mass is 10.0. The van der Waals surface area contributed by atoms with Gasteiger partial charge < -0.3 is 4.90 Å². The maximum Gasteiger partial charge on any atom is 0.103 e. The third kappa shape index (κ3) is 1.32. The van der Waals surface area contributed by atoms with Crippen molar-refractivity contribution >= 4 is 11.5 Å². The van der Waals surface area contributed by atoms with Crippen LogP contribution in [-0.4, -0.2) is 19.9 Å². The minimum absolute atomic E-state index is 1.06. The molecular formula is C11H14N2. The number of fused-ring (bicyclic) bond motifs is 1. The Morgan fingerprint density at radius 3 is 2.77 bits per heavy atom. The van der Waals surface area contributed by atoms with E-state index in [1.54, 1.807) is 0 Å². The molecule has 1 aromatic carbocycles. The quantitative estimate of drug-likeness (QED) is 0.588. The standard InChI is InChI=1S/C11H14N2/c1-12-11-8-7-9-5-3-4-6-10(9)13(11)2/h3-6H,7-8H2,1-2H3. The van der Waals surface area contributed by atoms with Crippen LogP contribution in [0.2, 0.25) is 0 Å². The molecule has 68 valence electrons. The van der Waals surface area contributed by atoms with Crippen LogP contribution in [0.3, 0.4) is 0 Å². The van der Waals surface area contributed by atoms with Crippen LogP contribution in [0.25, 0.3) is 0 Å². The normalized spacial score (nSPS) is 18.9. The molecule has 0 saturated heterocycles. The Labute approximate surface area is 78.9 Å². The molecule has 0 amide bonds. The van der Waals surface area contributed by atoms with Gasteiger partial charge in [0.25, 0.3) is 0 Å². The molecular weight excluding hydrogens is 160 g/mol. The fourth-order valence-electron chi connectivity index (χ4n) is 1.86. The Kier molecular flexibility index (Phi) is 2.05. The second kappa shape index (κ2) is 3.21. The van der Waals surface area contributed by atoms with Crippen LogP contribution in [0, 0.1) is 0 Å². The third-order valence-electron chi connectivity index (χ3n) is 2.62. The molecule has 0 bridgehead atoms. The molecule has 0 aromatic heterocycles. The van der Waals surface area contributed by atoms with Crippen LogP contribution in [0.5, 0.6) is 0 Å². The number of amidine groups is 1. The van der Waals surface area contributed by atoms with Gasteiger partial charge in [0.1, 0.15) is 5.84 Å². The van der Waals surface area contributed by atoms with E-state index in [0.717, 1.165) is 12.8 Å². The summed E-state index contributed by atoms with van der Waals surface area (Å²) in [6, 6.07) is 8.52. The lowest BCUT2D eigenvalue weighted by Crippen LogP contribution is -2.31. The number of nitrogens with zero attached hydrogens (tertiary/aromatic N) is 2. The average molecular weight is 174 g/mol. The van der Waals surface area contributed by atoms with E-state index in [0.29, 0.717) is 0 Å². The highest BCUT2D eigenvalue weighted by Crippen LogP contribution is 2.26. The number of hydrogen-bond donors (Lipinski definition) is 0. The molecule has 1 aromatic rings. The molecule has 0 N–H and O–H groups in total. The summed E-state index contributed by atoms with van der Waals surface area (Å²) in [5.74, 6) is 1.18. The van der Waals surface area contributed by atoms with Crippen LogP contribution < -0.4 is 4.90 Å². The molecule has 1 heterocycles. The number of anilines is 1. The van der Waals surface area contributed by atoms with E-state index in [-0.39, 0.29) is 0 Å². The van der Waals surface area contributed by atoms with Crippen molar-refractivity contribution in [3.8, 4) is 0 Å². The zero-order valence-corrected chi connectivity index (χ0v) is 8.12. The summed E-state index contributed by atoms with van der Waals surface area (Å²) >= 11 is 0. The predicted octanol–water partition coefficient (Wildman–Crippen LogP) is 2.10. The zero-order chi connectivity index (χ0) is 9.26. The smallest absolute Gasteiger partial charge is 0.103 e. The van der Waals surface area contributed by atoms with E-state index < -0.39 is 0 Å². The minimum Gasteiger partial charge on any atom is -0.333 e. The summed E-state index contributed by atoms with van der Waals surface area (Å²) < 4.78 is 0. The van der Waals surface area contributed by atoms with Gasteiger partial charge >= 0.3 is 0 Å². The van der Waals surface area contributed by atoms with E-state index in [9.17, 15) is 0 Å². The van der Waals surface area contributed by atoms with E-state index in [2.05, 4.69) is 41.2 Å². The number of aryl methyl sites for hydroxylation is 1. The fourth-order valence-corrected chi connectivity index (χ4v) is 1.86. The third-order valence-corrected chi connectivity index (χ3v) is 2.62. The molecule has 0 radical (unpaired) electrons. The second-order valence-corrected chi connectivity index (χ2v) is 3.33. The summed E-state index contributed by atoms with van der Waals surface area (Å²) in [5.41, 5.74) is 2.73. The molecule has 0 saturated carbocycles. The monoisotopic (exact) mass is 174 g/mol. The van der Waals surface area contributed by atoms with E-state index in [1.807, 2.05) is 7.05 Å². The molecule has 0 unspecified atom stereocenters. The molecule has 0 atom stereocenters. The van der Waals surface area contributed by atoms with Gasteiger partial charge in [-0.05, 0) is 18.1 Å². The molecule has 13 heavy (non-hydrogen) atoms. The highest BCUT2D eigenvalue weighted by Gasteiger charge is 2.17. The Hall–Kier alpha value is -1.31. The second-order valence-electron chi connectivity index (χ2n) is 3.33. The first kappa shape index (κ1) is 8.30. The van der Waals surface area contributed by atoms with Crippen LogP contribution >= 0.6 is 0 Å². The van der Waals surface area contributed by atoms with E-state index >= 15 is 0 Å². The van der Waals surface area contributed by atoms with Crippen LogP contribution in [0.15, 0.2) is 29.3 Å². The molecule has 0 fully saturated rings. The zero-order valence-electron chi connectivity index (χ0n) is 8.12. The van der Waals surface area contributed by atoms with Gasteiger partial charge in [-0.15, -0.1) is 0 Å². The maximum absolute atomic E-state index is 4.27. The van der Waals surface area contributed by atoms with Crippen LogP contribution in [0.4, 0.5) is 5.69 Å². The SMILES string of the molecule is CN=C1CCc2ccccc2N1C. The first-order valence-electron chi connectivity index (χ1n) is 4.60. The molecule has 2 rings (SSSR count). The molecule has 2 nitrogen and oxygen atoms in total. The summed E-state index contributed by atoms with van der Waals surface area (Å²) in [6.45, 7) is 0. The number of para-hydroxylation sites is 1. The molecule has 1 aliphatic heterocycles. The first-order valence-corrected chi connectivity index (χ1v) is 4.60. The van der Waals surface area contributed by atoms with Gasteiger partial charge in [-0.25, -0.2) is 0 Å². The molecule has 2 heteroatoms. The number of hydrogen-bond acceptors (Lipinski definition) is 1. The fraction of sp³-hybridized carbons (Fsp3) is 0.364. The van der Waals surface area contributed by atoms with Crippen LogP contribution in [0.1, 0.15) is 12.0 Å². The highest BCUT2D eigenvalue weighted by atomic mass is 15.2.